The Kier molecular flexibility index (Phi) is 7.72. The molecule has 4 heterocycles. The molecule has 2 aromatic rings. The molecule has 0 radical (unpaired) electrons. The molecule has 11 heteroatoms. The van der Waals surface area contributed by atoms with E-state index in [4.69, 9.17) is 4.74 Å². The third-order valence-corrected chi connectivity index (χ3v) is 9.58. The lowest BCUT2D eigenvalue weighted by Crippen LogP contribution is -2.62. The number of amides is 4. The fourth-order valence-corrected chi connectivity index (χ4v) is 7.69. The van der Waals surface area contributed by atoms with Gasteiger partial charge in [0.15, 0.2) is 0 Å². The third-order valence-electron chi connectivity index (χ3n) is 8.23. The van der Waals surface area contributed by atoms with E-state index in [0.717, 1.165) is 49.9 Å². The normalized spacial score (nSPS) is 27.0. The number of para-hydroxylation sites is 1. The van der Waals surface area contributed by atoms with E-state index in [1.54, 1.807) is 11.1 Å². The largest absolute Gasteiger partial charge is 0.439 e. The predicted octanol–water partition coefficient (Wildman–Crippen LogP) is 3.70. The van der Waals surface area contributed by atoms with E-state index in [1.165, 1.54) is 17.8 Å². The molecule has 4 amide bonds. The molecule has 6 rings (SSSR count). The van der Waals surface area contributed by atoms with Crippen LogP contribution in [-0.2, 0) is 9.59 Å². The fourth-order valence-electron chi connectivity index (χ4n) is 6.29. The van der Waals surface area contributed by atoms with Crippen LogP contribution in [-0.4, -0.2) is 52.9 Å². The minimum atomic E-state index is -0.273. The predicted molar refractivity (Wildman–Crippen MR) is 157 cm³/mol. The van der Waals surface area contributed by atoms with Crippen LogP contribution in [0, 0.1) is 12.8 Å². The number of benzene rings is 1. The fraction of sp³-hybridized carbons (Fsp3) is 0.400. The zero-order valence-corrected chi connectivity index (χ0v) is 23.7. The van der Waals surface area contributed by atoms with Crippen molar-refractivity contribution in [3.05, 3.63) is 71.4 Å². The summed E-state index contributed by atoms with van der Waals surface area (Å²) in [6.45, 7) is 6.21. The van der Waals surface area contributed by atoms with Crippen molar-refractivity contribution in [3.8, 4) is 11.6 Å². The lowest BCUT2D eigenvalue weighted by atomic mass is 9.86. The Labute approximate surface area is 243 Å². The first-order valence-electron chi connectivity index (χ1n) is 14.1. The van der Waals surface area contributed by atoms with Crippen LogP contribution < -0.4 is 30.9 Å². The molecule has 10 nitrogen and oxygen atoms in total. The lowest BCUT2D eigenvalue weighted by molar-refractivity contribution is -0.120. The smallest absolute Gasteiger partial charge is 0.326 e. The number of hydrogen-bond donors (Lipinski definition) is 4. The molecule has 1 aromatic heterocycles. The Balaban J connectivity index is 1.23. The number of urea groups is 1. The third kappa shape index (κ3) is 5.43. The van der Waals surface area contributed by atoms with Crippen LogP contribution in [0.3, 0.4) is 0 Å². The van der Waals surface area contributed by atoms with E-state index in [1.807, 2.05) is 43.3 Å². The summed E-state index contributed by atoms with van der Waals surface area (Å²) < 4.78 is 5.89. The Morgan fingerprint density at radius 3 is 2.63 bits per heavy atom. The Bertz CT molecular complexity index is 1400. The number of pyridine rings is 1. The van der Waals surface area contributed by atoms with Crippen molar-refractivity contribution in [1.82, 2.24) is 26.3 Å². The van der Waals surface area contributed by atoms with Crippen LogP contribution in [0.25, 0.3) is 0 Å². The quantitative estimate of drug-likeness (QED) is 0.372. The van der Waals surface area contributed by atoms with Crippen molar-refractivity contribution in [1.29, 1.82) is 0 Å². The molecule has 5 atom stereocenters. The van der Waals surface area contributed by atoms with Crippen LogP contribution >= 0.6 is 11.8 Å². The van der Waals surface area contributed by atoms with Gasteiger partial charge in [-0.1, -0.05) is 49.4 Å². The molecule has 0 spiro atoms. The number of carbonyl (C=O) groups excluding carboxylic acids is 3. The molecule has 3 aliphatic heterocycles. The zero-order chi connectivity index (χ0) is 28.5. The van der Waals surface area contributed by atoms with Gasteiger partial charge in [-0.3, -0.25) is 14.5 Å². The molecule has 4 N–H and O–H groups in total. The molecule has 3 fully saturated rings. The van der Waals surface area contributed by atoms with Gasteiger partial charge >= 0.3 is 6.03 Å². The molecule has 3 unspecified atom stereocenters. The maximum Gasteiger partial charge on any atom is 0.326 e. The first-order valence-corrected chi connectivity index (χ1v) is 15.0. The summed E-state index contributed by atoms with van der Waals surface area (Å²) in [4.78, 5) is 46.0. The van der Waals surface area contributed by atoms with Crippen molar-refractivity contribution in [2.75, 3.05) is 11.4 Å². The van der Waals surface area contributed by atoms with Gasteiger partial charge < -0.3 is 26.0 Å². The first-order chi connectivity index (χ1) is 19.9. The summed E-state index contributed by atoms with van der Waals surface area (Å²) in [5, 5.41) is 12.7. The summed E-state index contributed by atoms with van der Waals surface area (Å²) >= 11 is 1.47. The van der Waals surface area contributed by atoms with Gasteiger partial charge in [0, 0.05) is 29.8 Å². The minimum absolute atomic E-state index is 0.0378. The maximum atomic E-state index is 13.6. The highest BCUT2D eigenvalue weighted by molar-refractivity contribution is 8.04. The second-order valence-corrected chi connectivity index (χ2v) is 12.0. The topological polar surface area (TPSA) is 125 Å². The second-order valence-electron chi connectivity index (χ2n) is 10.8. The highest BCUT2D eigenvalue weighted by Gasteiger charge is 2.52. The van der Waals surface area contributed by atoms with Gasteiger partial charge in [0.1, 0.15) is 5.75 Å². The summed E-state index contributed by atoms with van der Waals surface area (Å²) in [7, 11) is 0. The van der Waals surface area contributed by atoms with E-state index in [-0.39, 0.29) is 47.3 Å². The van der Waals surface area contributed by atoms with E-state index in [9.17, 15) is 14.4 Å². The number of piperidine rings is 1. The van der Waals surface area contributed by atoms with Gasteiger partial charge in [0.2, 0.25) is 11.8 Å². The van der Waals surface area contributed by atoms with Crippen molar-refractivity contribution in [3.63, 3.8) is 0 Å². The number of thioether (sulfide) groups is 1. The van der Waals surface area contributed by atoms with Crippen LogP contribution in [0.4, 0.5) is 10.5 Å². The molecular weight excluding hydrogens is 540 g/mol. The number of anilines is 1. The van der Waals surface area contributed by atoms with E-state index >= 15 is 0 Å². The van der Waals surface area contributed by atoms with Crippen molar-refractivity contribution in [2.24, 2.45) is 5.92 Å². The second kappa shape index (κ2) is 11.6. The maximum absolute atomic E-state index is 13.6. The number of nitrogens with zero attached hydrogens (tertiary/aromatic N) is 2. The first kappa shape index (κ1) is 27.3. The number of aryl methyl sites for hydroxylation is 1. The molecular formula is C30H34N6O4S. The Hall–Kier alpha value is -3.83. The number of hydrogen-bond acceptors (Lipinski definition) is 7. The average Bonchev–Trinajstić information content (AvgIpc) is 3.35. The molecule has 0 bridgehead atoms. The van der Waals surface area contributed by atoms with E-state index < -0.39 is 0 Å². The van der Waals surface area contributed by atoms with Gasteiger partial charge in [-0.25, -0.2) is 9.78 Å². The molecule has 1 aliphatic carbocycles. The van der Waals surface area contributed by atoms with Gasteiger partial charge in [-0.15, -0.1) is 0 Å². The van der Waals surface area contributed by atoms with Crippen molar-refractivity contribution in [2.45, 2.75) is 62.5 Å². The number of aromatic nitrogens is 1. The molecule has 1 saturated carbocycles. The number of ether oxygens (including phenoxy) is 1. The molecule has 1 aromatic carbocycles. The van der Waals surface area contributed by atoms with Crippen LogP contribution in [0.5, 0.6) is 11.6 Å². The van der Waals surface area contributed by atoms with Crippen LogP contribution in [0.15, 0.2) is 65.9 Å². The Morgan fingerprint density at radius 1 is 1.15 bits per heavy atom. The summed E-state index contributed by atoms with van der Waals surface area (Å²) in [6.07, 6.45) is 7.24. The molecule has 41 heavy (non-hydrogen) atoms. The van der Waals surface area contributed by atoms with Gasteiger partial charge in [0.25, 0.3) is 5.91 Å². The minimum Gasteiger partial charge on any atom is -0.439 e. The molecule has 214 valence electrons. The highest BCUT2D eigenvalue weighted by atomic mass is 32.2. The van der Waals surface area contributed by atoms with Crippen molar-refractivity contribution < 1.29 is 19.1 Å². The van der Waals surface area contributed by atoms with Gasteiger partial charge in [-0.05, 0) is 56.5 Å². The molecule has 4 aliphatic rings. The number of rotatable bonds is 7. The summed E-state index contributed by atoms with van der Waals surface area (Å²) in [5.41, 5.74) is 2.27. The van der Waals surface area contributed by atoms with Gasteiger partial charge in [0.05, 0.1) is 28.2 Å². The van der Waals surface area contributed by atoms with Gasteiger partial charge in [-0.2, -0.15) is 0 Å². The van der Waals surface area contributed by atoms with E-state index in [0.29, 0.717) is 22.2 Å². The summed E-state index contributed by atoms with van der Waals surface area (Å²) in [6, 6.07) is 10.6. The van der Waals surface area contributed by atoms with E-state index in [2.05, 4.69) is 32.8 Å². The highest BCUT2D eigenvalue weighted by Crippen LogP contribution is 2.48. The molecule has 2 saturated heterocycles. The lowest BCUT2D eigenvalue weighted by Gasteiger charge is -2.46. The average molecular weight is 575 g/mol. The summed E-state index contributed by atoms with van der Waals surface area (Å²) in [5.74, 6) is 0.623. The zero-order valence-electron chi connectivity index (χ0n) is 22.9. The Morgan fingerprint density at radius 2 is 1.90 bits per heavy atom. The van der Waals surface area contributed by atoms with Crippen LogP contribution in [0.2, 0.25) is 0 Å². The number of nitrogens with one attached hydrogen (secondary N) is 4. The van der Waals surface area contributed by atoms with Crippen molar-refractivity contribution >= 4 is 35.3 Å². The monoisotopic (exact) mass is 574 g/mol. The standard InChI is InChI=1S/C30H34N6O4S/c1-3-23(37)33-19-11-7-8-12-20(19)34-28(38)27-26-25-21(13-14-31-29(25)41-27)36(30(39)35-26)22-16-32-24(15-17(22)2)40-18-9-5-4-6-10-18/h3-6,9-10,15-16,19-21,25,29,31H,1,7-8,11-14H2,2H3,(H,33,37)(H,34,38)(H,35,39)/t19-,20+,21?,25?,29?/m0/s1. The SMILES string of the molecule is C=CC(=O)N[C@H]1CCCC[C@H]1NC(=O)C1=C2NC(=O)N(c3cnc(Oc4ccccc4)cc3C)C3CCNC(S1)C23. The van der Waals surface area contributed by atoms with Crippen LogP contribution in [0.1, 0.15) is 37.7 Å². The number of carbonyl (C=O) groups is 3.